The second-order valence-corrected chi connectivity index (χ2v) is 8.79. The van der Waals surface area contributed by atoms with Crippen LogP contribution in [0.15, 0.2) is 6.07 Å². The lowest BCUT2D eigenvalue weighted by Crippen LogP contribution is -2.68. The van der Waals surface area contributed by atoms with Gasteiger partial charge in [-0.25, -0.2) is 14.8 Å². The Balaban J connectivity index is 1.69. The van der Waals surface area contributed by atoms with Crippen LogP contribution in [0.2, 0.25) is 0 Å². The molecule has 3 fully saturated rings. The molecule has 30 heavy (non-hydrogen) atoms. The minimum absolute atomic E-state index is 0.00244. The van der Waals surface area contributed by atoms with Crippen molar-refractivity contribution in [2.45, 2.75) is 44.7 Å². The van der Waals surface area contributed by atoms with Gasteiger partial charge in [-0.1, -0.05) is 0 Å². The van der Waals surface area contributed by atoms with Gasteiger partial charge in [-0.05, 0) is 38.2 Å². The van der Waals surface area contributed by atoms with Crippen LogP contribution in [0.3, 0.4) is 0 Å². The summed E-state index contributed by atoms with van der Waals surface area (Å²) in [7, 11) is 4.81. The molecular formula is C21H29N5O4. The summed E-state index contributed by atoms with van der Waals surface area (Å²) < 4.78 is 4.82. The van der Waals surface area contributed by atoms with Crippen molar-refractivity contribution in [2.75, 3.05) is 39.2 Å². The number of piperidine rings is 3. The number of carbonyl (C=O) groups is 3. The molecule has 2 bridgehead atoms. The smallest absolute Gasteiger partial charge is 0.356 e. The van der Waals surface area contributed by atoms with Crippen LogP contribution in [0.1, 0.15) is 41.9 Å². The van der Waals surface area contributed by atoms with Gasteiger partial charge < -0.3 is 19.4 Å². The van der Waals surface area contributed by atoms with Crippen LogP contribution in [0.5, 0.6) is 0 Å². The summed E-state index contributed by atoms with van der Waals surface area (Å²) in [5.41, 5.74) is 0.914. The maximum Gasteiger partial charge on any atom is 0.356 e. The number of hydrogen-bond acceptors (Lipinski definition) is 7. The molecule has 3 aliphatic heterocycles. The minimum Gasteiger partial charge on any atom is -0.464 e. The van der Waals surface area contributed by atoms with Gasteiger partial charge >= 0.3 is 5.97 Å². The van der Waals surface area contributed by atoms with E-state index in [-0.39, 0.29) is 35.4 Å². The van der Waals surface area contributed by atoms with Crippen LogP contribution in [0, 0.1) is 18.8 Å². The number of esters is 1. The second kappa shape index (κ2) is 7.85. The van der Waals surface area contributed by atoms with Gasteiger partial charge in [0, 0.05) is 51.3 Å². The minimum atomic E-state index is -0.497. The van der Waals surface area contributed by atoms with Gasteiger partial charge in [0.1, 0.15) is 6.04 Å². The number of aromatic nitrogens is 2. The highest BCUT2D eigenvalue weighted by Gasteiger charge is 2.52. The SMILES string of the molecule is COC(=O)c1cc(C)nc(N2C[C@H]3C[C@@H](C2)[C@H](C(=O)N(C)C)N2C(=O)CCC[C@@H]32)n1. The number of amides is 2. The van der Waals surface area contributed by atoms with E-state index in [4.69, 9.17) is 4.74 Å². The third kappa shape index (κ3) is 3.50. The Morgan fingerprint density at radius 1 is 1.20 bits per heavy atom. The fourth-order valence-corrected chi connectivity index (χ4v) is 5.30. The predicted octanol–water partition coefficient (Wildman–Crippen LogP) is 0.866. The van der Waals surface area contributed by atoms with Crippen LogP contribution in [-0.2, 0) is 14.3 Å². The van der Waals surface area contributed by atoms with Crippen molar-refractivity contribution in [3.8, 4) is 0 Å². The lowest BCUT2D eigenvalue weighted by Gasteiger charge is -2.56. The molecule has 3 saturated heterocycles. The summed E-state index contributed by atoms with van der Waals surface area (Å²) in [5, 5.41) is 0. The first-order valence-corrected chi connectivity index (χ1v) is 10.5. The maximum atomic E-state index is 13.1. The van der Waals surface area contributed by atoms with Crippen molar-refractivity contribution < 1.29 is 19.1 Å². The van der Waals surface area contributed by atoms with E-state index in [2.05, 4.69) is 14.9 Å². The highest BCUT2D eigenvalue weighted by molar-refractivity contribution is 5.89. The van der Waals surface area contributed by atoms with E-state index in [1.165, 1.54) is 7.11 Å². The number of likely N-dealkylation sites (N-methyl/N-ethyl adjacent to an activating group) is 1. The Morgan fingerprint density at radius 2 is 1.93 bits per heavy atom. The van der Waals surface area contributed by atoms with Crippen LogP contribution in [0.4, 0.5) is 5.95 Å². The van der Waals surface area contributed by atoms with Gasteiger partial charge in [0.15, 0.2) is 5.69 Å². The van der Waals surface area contributed by atoms with E-state index >= 15 is 0 Å². The first-order chi connectivity index (χ1) is 14.3. The quantitative estimate of drug-likeness (QED) is 0.676. The molecule has 9 heteroatoms. The molecule has 0 radical (unpaired) electrons. The lowest BCUT2D eigenvalue weighted by atomic mass is 9.71. The monoisotopic (exact) mass is 415 g/mol. The molecule has 162 valence electrons. The normalized spacial score (nSPS) is 28.1. The summed E-state index contributed by atoms with van der Waals surface area (Å²) in [6.45, 7) is 3.10. The third-order valence-corrected chi connectivity index (χ3v) is 6.56. The summed E-state index contributed by atoms with van der Waals surface area (Å²) in [4.78, 5) is 52.5. The molecule has 0 aromatic carbocycles. The van der Waals surface area contributed by atoms with Crippen LogP contribution >= 0.6 is 0 Å². The van der Waals surface area contributed by atoms with E-state index in [0.29, 0.717) is 31.2 Å². The van der Waals surface area contributed by atoms with E-state index in [0.717, 1.165) is 19.3 Å². The maximum absolute atomic E-state index is 13.1. The Morgan fingerprint density at radius 3 is 2.63 bits per heavy atom. The number of ether oxygens (including phenoxy) is 1. The molecule has 0 spiro atoms. The van der Waals surface area contributed by atoms with E-state index in [9.17, 15) is 14.4 Å². The number of fused-ring (bicyclic) bond motifs is 4. The molecule has 0 N–H and O–H groups in total. The van der Waals surface area contributed by atoms with Gasteiger partial charge in [0.2, 0.25) is 17.8 Å². The summed E-state index contributed by atoms with van der Waals surface area (Å²) in [5.74, 6) is 0.309. The number of rotatable bonds is 3. The molecule has 3 aliphatic rings. The molecule has 4 heterocycles. The van der Waals surface area contributed by atoms with Crippen LogP contribution in [-0.4, -0.2) is 83.9 Å². The molecule has 0 aliphatic carbocycles. The first kappa shape index (κ1) is 20.6. The molecule has 0 unspecified atom stereocenters. The summed E-state index contributed by atoms with van der Waals surface area (Å²) >= 11 is 0. The molecule has 9 nitrogen and oxygen atoms in total. The fraction of sp³-hybridized carbons (Fsp3) is 0.667. The highest BCUT2D eigenvalue weighted by atomic mass is 16.5. The lowest BCUT2D eigenvalue weighted by molar-refractivity contribution is -0.159. The molecule has 4 rings (SSSR count). The van der Waals surface area contributed by atoms with Crippen molar-refractivity contribution in [3.05, 3.63) is 17.5 Å². The first-order valence-electron chi connectivity index (χ1n) is 10.5. The zero-order valence-electron chi connectivity index (χ0n) is 18.0. The molecular weight excluding hydrogens is 386 g/mol. The topological polar surface area (TPSA) is 95.9 Å². The Bertz CT molecular complexity index is 873. The molecule has 1 aromatic rings. The van der Waals surface area contributed by atoms with Crippen molar-refractivity contribution in [3.63, 3.8) is 0 Å². The third-order valence-electron chi connectivity index (χ3n) is 6.56. The number of nitrogens with zero attached hydrogens (tertiary/aromatic N) is 5. The van der Waals surface area contributed by atoms with E-state index in [1.807, 2.05) is 11.8 Å². The highest BCUT2D eigenvalue weighted by Crippen LogP contribution is 2.42. The van der Waals surface area contributed by atoms with Crippen molar-refractivity contribution >= 4 is 23.7 Å². The van der Waals surface area contributed by atoms with Gasteiger partial charge in [-0.15, -0.1) is 0 Å². The van der Waals surface area contributed by atoms with E-state index < -0.39 is 12.0 Å². The Kier molecular flexibility index (Phi) is 5.38. The Hall–Kier alpha value is -2.71. The summed E-state index contributed by atoms with van der Waals surface area (Å²) in [6.07, 6.45) is 3.19. The average molecular weight is 415 g/mol. The molecule has 4 atom stereocenters. The predicted molar refractivity (Wildman–Crippen MR) is 109 cm³/mol. The van der Waals surface area contributed by atoms with Gasteiger partial charge in [-0.2, -0.15) is 0 Å². The number of anilines is 1. The fourth-order valence-electron chi connectivity index (χ4n) is 5.30. The number of hydrogen-bond donors (Lipinski definition) is 0. The number of methoxy groups -OCH3 is 1. The standard InChI is InChI=1S/C21H29N5O4/c1-12-8-15(20(29)30-4)23-21(22-12)25-10-13-9-14(11-25)18(19(28)24(2)3)26-16(13)6-5-7-17(26)27/h8,13-14,16,18H,5-7,9-11H2,1-4H3/t13-,14+,16+,18-/m1/s1. The zero-order valence-corrected chi connectivity index (χ0v) is 18.0. The molecule has 2 amide bonds. The van der Waals surface area contributed by atoms with Gasteiger partial charge in [0.05, 0.1) is 7.11 Å². The van der Waals surface area contributed by atoms with Gasteiger partial charge in [0.25, 0.3) is 0 Å². The van der Waals surface area contributed by atoms with Crippen molar-refractivity contribution in [1.82, 2.24) is 19.8 Å². The largest absolute Gasteiger partial charge is 0.464 e. The van der Waals surface area contributed by atoms with Crippen molar-refractivity contribution in [2.24, 2.45) is 11.8 Å². The van der Waals surface area contributed by atoms with E-state index in [1.54, 1.807) is 25.1 Å². The molecule has 1 aromatic heterocycles. The van der Waals surface area contributed by atoms with Gasteiger partial charge in [-0.3, -0.25) is 9.59 Å². The van der Waals surface area contributed by atoms with Crippen LogP contribution < -0.4 is 4.90 Å². The second-order valence-electron chi connectivity index (χ2n) is 8.79. The van der Waals surface area contributed by atoms with Crippen molar-refractivity contribution in [1.29, 1.82) is 0 Å². The average Bonchev–Trinajstić information content (AvgIpc) is 2.73. The number of carbonyl (C=O) groups excluding carboxylic acids is 3. The van der Waals surface area contributed by atoms with Crippen LogP contribution in [0.25, 0.3) is 0 Å². The Labute approximate surface area is 176 Å². The molecule has 0 saturated carbocycles. The zero-order chi connectivity index (χ0) is 21.6. The number of aryl methyl sites for hydroxylation is 1. The summed E-state index contributed by atoms with van der Waals surface area (Å²) in [6, 6.07) is 1.21.